The number of fused-ring (bicyclic) bond motifs is 1. The summed E-state index contributed by atoms with van der Waals surface area (Å²) >= 11 is 0. The van der Waals surface area contributed by atoms with Gasteiger partial charge in [0.15, 0.2) is 0 Å². The lowest BCUT2D eigenvalue weighted by Crippen LogP contribution is -2.34. The lowest BCUT2D eigenvalue weighted by atomic mass is 10.1. The molecule has 0 aliphatic carbocycles. The molecule has 0 aliphatic rings. The van der Waals surface area contributed by atoms with Crippen molar-refractivity contribution < 1.29 is 13.2 Å². The molecule has 9 heteroatoms. The van der Waals surface area contributed by atoms with Crippen LogP contribution in [0.25, 0.3) is 22.0 Å². The molecule has 0 spiro atoms. The molecule has 3 aromatic carbocycles. The van der Waals surface area contributed by atoms with E-state index in [2.05, 4.69) is 4.98 Å². The Bertz CT molecular complexity index is 1780. The highest BCUT2D eigenvalue weighted by molar-refractivity contribution is 7.89. The molecule has 5 aromatic rings. The highest BCUT2D eigenvalue weighted by atomic mass is 35.5. The van der Waals surface area contributed by atoms with Gasteiger partial charge < -0.3 is 9.30 Å². The Labute approximate surface area is 259 Å². The number of aryl methyl sites for hydroxylation is 1. The topological polar surface area (TPSA) is 81.5 Å². The van der Waals surface area contributed by atoms with Gasteiger partial charge >= 0.3 is 0 Å². The van der Waals surface area contributed by atoms with Gasteiger partial charge in [-0.2, -0.15) is 4.31 Å². The van der Waals surface area contributed by atoms with Crippen molar-refractivity contribution in [2.45, 2.75) is 30.6 Å². The summed E-state index contributed by atoms with van der Waals surface area (Å²) in [7, 11) is -1.92. The third-order valence-electron chi connectivity index (χ3n) is 7.39. The van der Waals surface area contributed by atoms with Gasteiger partial charge in [0, 0.05) is 44.0 Å². The molecule has 224 valence electrons. The summed E-state index contributed by atoms with van der Waals surface area (Å²) in [6.07, 6.45) is 6.43. The van der Waals surface area contributed by atoms with Gasteiger partial charge in [0.05, 0.1) is 17.0 Å². The number of hydrogen-bond acceptors (Lipinski definition) is 5. The highest BCUT2D eigenvalue weighted by Crippen LogP contribution is 2.24. The molecule has 0 N–H and O–H groups in total. The van der Waals surface area contributed by atoms with Crippen LogP contribution in [-0.4, -0.2) is 42.0 Å². The zero-order valence-electron chi connectivity index (χ0n) is 24.1. The van der Waals surface area contributed by atoms with Crippen LogP contribution in [0.5, 0.6) is 5.75 Å². The van der Waals surface area contributed by atoms with Crippen LogP contribution in [0, 0.1) is 0 Å². The van der Waals surface area contributed by atoms with Crippen molar-refractivity contribution in [3.05, 3.63) is 125 Å². The Balaban J connectivity index is 0.00000423. The Morgan fingerprint density at radius 2 is 1.58 bits per heavy atom. The van der Waals surface area contributed by atoms with E-state index >= 15 is 0 Å². The fourth-order valence-corrected chi connectivity index (χ4v) is 6.44. The molecule has 2 aromatic heterocycles. The fourth-order valence-electron chi connectivity index (χ4n) is 4.96. The van der Waals surface area contributed by atoms with E-state index in [4.69, 9.17) is 4.74 Å². The number of hydrogen-bond donors (Lipinski definition) is 0. The molecule has 0 radical (unpaired) electrons. The standard InChI is InChI=1S/C34H35N3O4S.ClH/c1-36-33-18-15-31(25-30(33)14-19-34(36)38)41-24-7-3-6-22-37(23-20-27-9-8-21-35-26-27)42(39,40)32-16-12-29(13-17-32)28-10-4-2-5-11-28;/h2,4-5,8-19,21,25-26H,3,6-7,20,22-24H2,1H3;1H. The molecule has 5 rings (SSSR count). The summed E-state index contributed by atoms with van der Waals surface area (Å²) in [6, 6.07) is 29.9. The Kier molecular flexibility index (Phi) is 11.1. The normalized spacial score (nSPS) is 11.4. The van der Waals surface area contributed by atoms with Crippen LogP contribution in [0.1, 0.15) is 24.8 Å². The van der Waals surface area contributed by atoms with Crippen LogP contribution in [-0.2, 0) is 23.5 Å². The maximum atomic E-state index is 13.7. The summed E-state index contributed by atoms with van der Waals surface area (Å²) in [5.41, 5.74) is 3.84. The zero-order chi connectivity index (χ0) is 29.4. The van der Waals surface area contributed by atoms with Crippen molar-refractivity contribution in [2.24, 2.45) is 7.05 Å². The number of unbranched alkanes of at least 4 members (excludes halogenated alkanes) is 2. The fraction of sp³-hybridized carbons (Fsp3) is 0.235. The molecule has 0 fully saturated rings. The van der Waals surface area contributed by atoms with Crippen LogP contribution < -0.4 is 10.3 Å². The molecule has 0 aliphatic heterocycles. The zero-order valence-corrected chi connectivity index (χ0v) is 25.8. The molecular formula is C34H36ClN3O4S. The van der Waals surface area contributed by atoms with E-state index < -0.39 is 10.0 Å². The van der Waals surface area contributed by atoms with Gasteiger partial charge in [-0.05, 0) is 84.8 Å². The van der Waals surface area contributed by atoms with Gasteiger partial charge in [0.2, 0.25) is 10.0 Å². The van der Waals surface area contributed by atoms with Gasteiger partial charge in [-0.3, -0.25) is 9.78 Å². The van der Waals surface area contributed by atoms with Crippen LogP contribution >= 0.6 is 12.4 Å². The van der Waals surface area contributed by atoms with Gasteiger partial charge in [-0.25, -0.2) is 8.42 Å². The molecular weight excluding hydrogens is 582 g/mol. The van der Waals surface area contributed by atoms with E-state index in [9.17, 15) is 13.2 Å². The first-order valence-corrected chi connectivity index (χ1v) is 15.6. The number of nitrogens with zero attached hydrogens (tertiary/aromatic N) is 3. The maximum absolute atomic E-state index is 13.7. The second kappa shape index (κ2) is 15.0. The van der Waals surface area contributed by atoms with Crippen molar-refractivity contribution in [1.82, 2.24) is 13.9 Å². The quantitative estimate of drug-likeness (QED) is 0.141. The smallest absolute Gasteiger partial charge is 0.250 e. The van der Waals surface area contributed by atoms with Crippen LogP contribution in [0.2, 0.25) is 0 Å². The molecule has 43 heavy (non-hydrogen) atoms. The van der Waals surface area contributed by atoms with E-state index in [-0.39, 0.29) is 18.0 Å². The lowest BCUT2D eigenvalue weighted by Gasteiger charge is -2.22. The number of rotatable bonds is 13. The molecule has 0 amide bonds. The summed E-state index contributed by atoms with van der Waals surface area (Å²) in [4.78, 5) is 16.3. The lowest BCUT2D eigenvalue weighted by molar-refractivity contribution is 0.301. The molecule has 2 heterocycles. The van der Waals surface area contributed by atoms with E-state index in [1.165, 1.54) is 0 Å². The highest BCUT2D eigenvalue weighted by Gasteiger charge is 2.24. The van der Waals surface area contributed by atoms with Crippen LogP contribution in [0.4, 0.5) is 0 Å². The first kappa shape index (κ1) is 31.9. The first-order valence-electron chi connectivity index (χ1n) is 14.2. The number of ether oxygens (including phenoxy) is 1. The first-order chi connectivity index (χ1) is 20.4. The third kappa shape index (κ3) is 8.10. The second-order valence-corrected chi connectivity index (χ2v) is 12.2. The van der Waals surface area contributed by atoms with Crippen molar-refractivity contribution in [3.8, 4) is 16.9 Å². The monoisotopic (exact) mass is 617 g/mol. The second-order valence-electron chi connectivity index (χ2n) is 10.3. The number of halogens is 1. The number of sulfonamides is 1. The molecule has 0 unspecified atom stereocenters. The van der Waals surface area contributed by atoms with Crippen molar-refractivity contribution in [2.75, 3.05) is 19.7 Å². The van der Waals surface area contributed by atoms with Gasteiger partial charge in [-0.15, -0.1) is 12.4 Å². The summed E-state index contributed by atoms with van der Waals surface area (Å²) < 4.78 is 36.6. The van der Waals surface area contributed by atoms with E-state index in [1.54, 1.807) is 52.6 Å². The van der Waals surface area contributed by atoms with E-state index in [1.807, 2.05) is 72.8 Å². The third-order valence-corrected chi connectivity index (χ3v) is 9.30. The van der Waals surface area contributed by atoms with E-state index in [0.29, 0.717) is 31.0 Å². The van der Waals surface area contributed by atoms with E-state index in [0.717, 1.165) is 52.6 Å². The van der Waals surface area contributed by atoms with Gasteiger partial charge in [0.1, 0.15) is 5.75 Å². The Morgan fingerprint density at radius 1 is 0.814 bits per heavy atom. The molecule has 0 saturated heterocycles. The number of pyridine rings is 2. The Morgan fingerprint density at radius 3 is 2.33 bits per heavy atom. The minimum Gasteiger partial charge on any atom is -0.494 e. The molecule has 7 nitrogen and oxygen atoms in total. The average Bonchev–Trinajstić information content (AvgIpc) is 3.03. The summed E-state index contributed by atoms with van der Waals surface area (Å²) in [6.45, 7) is 1.33. The van der Waals surface area contributed by atoms with Crippen molar-refractivity contribution >= 4 is 33.3 Å². The molecule has 0 atom stereocenters. The van der Waals surface area contributed by atoms with Crippen LogP contribution in [0.3, 0.4) is 0 Å². The number of benzene rings is 3. The summed E-state index contributed by atoms with van der Waals surface area (Å²) in [5.74, 6) is 0.751. The van der Waals surface area contributed by atoms with Gasteiger partial charge in [0.25, 0.3) is 5.56 Å². The average molecular weight is 618 g/mol. The number of aromatic nitrogens is 2. The minimum atomic E-state index is -3.68. The largest absolute Gasteiger partial charge is 0.494 e. The maximum Gasteiger partial charge on any atom is 0.250 e. The van der Waals surface area contributed by atoms with Crippen molar-refractivity contribution in [1.29, 1.82) is 0 Å². The van der Waals surface area contributed by atoms with Crippen LogP contribution in [0.15, 0.2) is 119 Å². The molecule has 0 saturated carbocycles. The minimum absolute atomic E-state index is 0. The Hall–Kier alpha value is -3.98. The van der Waals surface area contributed by atoms with Gasteiger partial charge in [-0.1, -0.05) is 48.5 Å². The predicted molar refractivity (Wildman–Crippen MR) is 174 cm³/mol. The SMILES string of the molecule is Cl.Cn1c(=O)ccc2cc(OCCCCCN(CCc3cccnc3)S(=O)(=O)c3ccc(-c4ccccc4)cc3)ccc21. The molecule has 0 bridgehead atoms. The summed E-state index contributed by atoms with van der Waals surface area (Å²) in [5, 5.41) is 0.945. The predicted octanol–water partition coefficient (Wildman–Crippen LogP) is 6.51. The van der Waals surface area contributed by atoms with Crippen molar-refractivity contribution in [3.63, 3.8) is 0 Å².